The molecule has 2 atom stereocenters. The topological polar surface area (TPSA) is 63.4 Å². The van der Waals surface area contributed by atoms with Crippen molar-refractivity contribution < 1.29 is 21.6 Å². The lowest BCUT2D eigenvalue weighted by Gasteiger charge is -2.34. The maximum Gasteiger partial charge on any atom is 0.417 e. The highest BCUT2D eigenvalue weighted by atomic mass is 32.2. The Labute approximate surface area is 121 Å². The summed E-state index contributed by atoms with van der Waals surface area (Å²) in [4.78, 5) is -0.709. The van der Waals surface area contributed by atoms with Gasteiger partial charge in [0.15, 0.2) is 0 Å². The fraction of sp³-hybridized carbons (Fsp3) is 0.538. The van der Waals surface area contributed by atoms with Crippen LogP contribution in [0, 0.1) is 5.92 Å². The van der Waals surface area contributed by atoms with Crippen molar-refractivity contribution in [3.63, 3.8) is 0 Å². The Morgan fingerprint density at radius 2 is 1.86 bits per heavy atom. The van der Waals surface area contributed by atoms with Gasteiger partial charge in [-0.05, 0) is 24.5 Å². The molecule has 2 rings (SSSR count). The van der Waals surface area contributed by atoms with Crippen LogP contribution in [0.3, 0.4) is 0 Å². The van der Waals surface area contributed by atoms with Gasteiger partial charge in [0.25, 0.3) is 0 Å². The van der Waals surface area contributed by atoms with Gasteiger partial charge in [-0.3, -0.25) is 0 Å². The standard InChI is InChI=1S/C13H17F3N2O2S/c1-9-6-10(17)8-18(7-9)21(19,20)12-5-3-2-4-11(12)13(14,15)16/h2-5,9-10H,6-8,17H2,1H3. The molecule has 8 heteroatoms. The summed E-state index contributed by atoms with van der Waals surface area (Å²) in [5.74, 6) is 0.0153. The minimum absolute atomic E-state index is 0.0153. The molecule has 21 heavy (non-hydrogen) atoms. The molecule has 2 N–H and O–H groups in total. The van der Waals surface area contributed by atoms with Gasteiger partial charge in [-0.1, -0.05) is 19.1 Å². The van der Waals surface area contributed by atoms with Gasteiger partial charge in [0, 0.05) is 19.1 Å². The minimum Gasteiger partial charge on any atom is -0.326 e. The molecule has 1 heterocycles. The second kappa shape index (κ2) is 5.58. The summed E-state index contributed by atoms with van der Waals surface area (Å²) >= 11 is 0. The third-order valence-electron chi connectivity index (χ3n) is 3.47. The van der Waals surface area contributed by atoms with E-state index < -0.39 is 26.7 Å². The average Bonchev–Trinajstić information content (AvgIpc) is 2.36. The van der Waals surface area contributed by atoms with Crippen molar-refractivity contribution in [3.8, 4) is 0 Å². The predicted molar refractivity (Wildman–Crippen MR) is 72.0 cm³/mol. The van der Waals surface area contributed by atoms with Gasteiger partial charge in [-0.15, -0.1) is 0 Å². The summed E-state index contributed by atoms with van der Waals surface area (Å²) in [5.41, 5.74) is 4.64. The lowest BCUT2D eigenvalue weighted by atomic mass is 9.99. The van der Waals surface area contributed by atoms with Crippen molar-refractivity contribution in [2.75, 3.05) is 13.1 Å². The number of alkyl halides is 3. The Hall–Kier alpha value is -1.12. The third-order valence-corrected chi connectivity index (χ3v) is 5.36. The van der Waals surface area contributed by atoms with Crippen molar-refractivity contribution >= 4 is 10.0 Å². The van der Waals surface area contributed by atoms with E-state index >= 15 is 0 Å². The number of sulfonamides is 1. The zero-order chi connectivity index (χ0) is 15.8. The highest BCUT2D eigenvalue weighted by molar-refractivity contribution is 7.89. The molecule has 0 spiro atoms. The molecule has 4 nitrogen and oxygen atoms in total. The summed E-state index contributed by atoms with van der Waals surface area (Å²) in [6, 6.07) is 3.87. The van der Waals surface area contributed by atoms with E-state index in [1.165, 1.54) is 12.1 Å². The van der Waals surface area contributed by atoms with Gasteiger partial charge < -0.3 is 5.73 Å². The quantitative estimate of drug-likeness (QED) is 0.906. The number of halogens is 3. The smallest absolute Gasteiger partial charge is 0.326 e. The van der Waals surface area contributed by atoms with Crippen LogP contribution in [0.25, 0.3) is 0 Å². The molecule has 0 saturated carbocycles. The Morgan fingerprint density at radius 1 is 1.24 bits per heavy atom. The largest absolute Gasteiger partial charge is 0.417 e. The molecule has 1 aliphatic heterocycles. The van der Waals surface area contributed by atoms with Gasteiger partial charge >= 0.3 is 6.18 Å². The Balaban J connectivity index is 2.45. The number of hydrogen-bond donors (Lipinski definition) is 1. The second-order valence-electron chi connectivity index (χ2n) is 5.42. The Bertz CT molecular complexity index is 606. The molecule has 0 bridgehead atoms. The van der Waals surface area contributed by atoms with E-state index in [4.69, 9.17) is 5.73 Å². The van der Waals surface area contributed by atoms with Crippen LogP contribution < -0.4 is 5.73 Å². The van der Waals surface area contributed by atoms with E-state index in [1.807, 2.05) is 6.92 Å². The van der Waals surface area contributed by atoms with E-state index in [1.54, 1.807) is 0 Å². The molecule has 0 radical (unpaired) electrons. The predicted octanol–water partition coefficient (Wildman–Crippen LogP) is 2.06. The molecule has 118 valence electrons. The summed E-state index contributed by atoms with van der Waals surface area (Å²) < 4.78 is 65.1. The summed E-state index contributed by atoms with van der Waals surface area (Å²) in [6.07, 6.45) is -4.06. The summed E-state index contributed by atoms with van der Waals surface area (Å²) in [7, 11) is -4.21. The van der Waals surface area contributed by atoms with Gasteiger partial charge in [0.05, 0.1) is 10.5 Å². The molecule has 1 saturated heterocycles. The van der Waals surface area contributed by atoms with Crippen molar-refractivity contribution in [3.05, 3.63) is 29.8 Å². The van der Waals surface area contributed by atoms with Gasteiger partial charge in [-0.25, -0.2) is 8.42 Å². The van der Waals surface area contributed by atoms with E-state index in [-0.39, 0.29) is 25.0 Å². The van der Waals surface area contributed by atoms with Gasteiger partial charge in [0.2, 0.25) is 10.0 Å². The van der Waals surface area contributed by atoms with Crippen LogP contribution in [0.5, 0.6) is 0 Å². The molecule has 1 fully saturated rings. The first-order valence-corrected chi connectivity index (χ1v) is 7.98. The molecular formula is C13H17F3N2O2S. The minimum atomic E-state index is -4.72. The number of rotatable bonds is 2. The number of nitrogens with zero attached hydrogens (tertiary/aromatic N) is 1. The third kappa shape index (κ3) is 3.38. The van der Waals surface area contributed by atoms with Crippen LogP contribution in [0.4, 0.5) is 13.2 Å². The fourth-order valence-corrected chi connectivity index (χ4v) is 4.44. The first-order valence-electron chi connectivity index (χ1n) is 6.54. The number of hydrogen-bond acceptors (Lipinski definition) is 3. The second-order valence-corrected chi connectivity index (χ2v) is 7.32. The number of benzene rings is 1. The molecule has 0 aliphatic carbocycles. The number of nitrogens with two attached hydrogens (primary N) is 1. The lowest BCUT2D eigenvalue weighted by Crippen LogP contribution is -2.49. The number of piperidine rings is 1. The summed E-state index contributed by atoms with van der Waals surface area (Å²) in [5, 5.41) is 0. The average molecular weight is 322 g/mol. The Morgan fingerprint density at radius 3 is 2.43 bits per heavy atom. The van der Waals surface area contributed by atoms with Gasteiger partial charge in [0.1, 0.15) is 0 Å². The first kappa shape index (κ1) is 16.3. The fourth-order valence-electron chi connectivity index (χ4n) is 2.61. The van der Waals surface area contributed by atoms with Crippen LogP contribution in [-0.2, 0) is 16.2 Å². The molecule has 0 aromatic heterocycles. The Kier molecular flexibility index (Phi) is 4.32. The monoisotopic (exact) mass is 322 g/mol. The SMILES string of the molecule is CC1CC(N)CN(S(=O)(=O)c2ccccc2C(F)(F)F)C1. The van der Waals surface area contributed by atoms with E-state index in [9.17, 15) is 21.6 Å². The maximum atomic E-state index is 13.0. The van der Waals surface area contributed by atoms with Crippen LogP contribution in [0.1, 0.15) is 18.9 Å². The van der Waals surface area contributed by atoms with Crippen LogP contribution in [-0.4, -0.2) is 31.9 Å². The van der Waals surface area contributed by atoms with Crippen LogP contribution >= 0.6 is 0 Å². The maximum absolute atomic E-state index is 13.0. The molecule has 0 amide bonds. The molecular weight excluding hydrogens is 305 g/mol. The van der Waals surface area contributed by atoms with Crippen LogP contribution in [0.15, 0.2) is 29.2 Å². The zero-order valence-electron chi connectivity index (χ0n) is 11.5. The van der Waals surface area contributed by atoms with Crippen LogP contribution in [0.2, 0.25) is 0 Å². The zero-order valence-corrected chi connectivity index (χ0v) is 12.3. The highest BCUT2D eigenvalue weighted by Gasteiger charge is 2.40. The normalized spacial score (nSPS) is 25.0. The lowest BCUT2D eigenvalue weighted by molar-refractivity contribution is -0.139. The molecule has 1 aromatic carbocycles. The van der Waals surface area contributed by atoms with E-state index in [0.29, 0.717) is 6.42 Å². The van der Waals surface area contributed by atoms with Crippen molar-refractivity contribution in [2.24, 2.45) is 11.7 Å². The molecule has 1 aromatic rings. The highest BCUT2D eigenvalue weighted by Crippen LogP contribution is 2.35. The summed E-state index contributed by atoms with van der Waals surface area (Å²) in [6.45, 7) is 2.05. The van der Waals surface area contributed by atoms with Crippen molar-refractivity contribution in [2.45, 2.75) is 30.5 Å². The van der Waals surface area contributed by atoms with E-state index in [0.717, 1.165) is 16.4 Å². The van der Waals surface area contributed by atoms with Gasteiger partial charge in [-0.2, -0.15) is 17.5 Å². The first-order chi connectivity index (χ1) is 9.62. The molecule has 1 aliphatic rings. The van der Waals surface area contributed by atoms with Crippen molar-refractivity contribution in [1.29, 1.82) is 0 Å². The molecule has 2 unspecified atom stereocenters. The van der Waals surface area contributed by atoms with Crippen molar-refractivity contribution in [1.82, 2.24) is 4.31 Å². The van der Waals surface area contributed by atoms with E-state index in [2.05, 4.69) is 0 Å².